The Morgan fingerprint density at radius 2 is 2.10 bits per heavy atom. The molecule has 0 aliphatic carbocycles. The summed E-state index contributed by atoms with van der Waals surface area (Å²) in [5.41, 5.74) is 7.06. The lowest BCUT2D eigenvalue weighted by atomic mass is 10.0. The second-order valence-corrected chi connectivity index (χ2v) is 5.16. The normalized spacial score (nSPS) is 12.8. The monoisotopic (exact) mass is 297 g/mol. The van der Waals surface area contributed by atoms with Crippen molar-refractivity contribution in [3.05, 3.63) is 46.5 Å². The Kier molecular flexibility index (Phi) is 4.30. The van der Waals surface area contributed by atoms with Gasteiger partial charge in [-0.05, 0) is 26.0 Å². The van der Waals surface area contributed by atoms with Gasteiger partial charge in [-0.25, -0.2) is 4.39 Å². The molecule has 1 aromatic carbocycles. The molecule has 1 aromatic heterocycles. The number of benzene rings is 1. The van der Waals surface area contributed by atoms with Crippen LogP contribution in [0.25, 0.3) is 0 Å². The number of hydrogen-bond acceptors (Lipinski definition) is 3. The van der Waals surface area contributed by atoms with Crippen LogP contribution in [0.3, 0.4) is 0 Å². The van der Waals surface area contributed by atoms with E-state index in [2.05, 4.69) is 5.10 Å². The van der Waals surface area contributed by atoms with Crippen LogP contribution < -0.4 is 10.5 Å². The molecule has 0 aliphatic rings. The summed E-state index contributed by atoms with van der Waals surface area (Å²) in [7, 11) is 1.48. The average molecular weight is 298 g/mol. The minimum absolute atomic E-state index is 0.0707. The minimum Gasteiger partial charge on any atom is -0.496 e. The quantitative estimate of drug-likeness (QED) is 0.942. The van der Waals surface area contributed by atoms with Gasteiger partial charge in [-0.1, -0.05) is 17.7 Å². The van der Waals surface area contributed by atoms with Gasteiger partial charge in [0.1, 0.15) is 11.6 Å². The number of nitrogens with zero attached hydrogens (tertiary/aromatic N) is 2. The van der Waals surface area contributed by atoms with E-state index in [0.29, 0.717) is 16.5 Å². The SMILES string of the molecule is COc1cccc(F)c1C(N)c1c(Cl)cnn1C(C)C. The zero-order chi connectivity index (χ0) is 14.9. The highest BCUT2D eigenvalue weighted by Gasteiger charge is 2.25. The topological polar surface area (TPSA) is 53.1 Å². The minimum atomic E-state index is -0.747. The summed E-state index contributed by atoms with van der Waals surface area (Å²) in [5.74, 6) is -0.0329. The fourth-order valence-corrected chi connectivity index (χ4v) is 2.43. The van der Waals surface area contributed by atoms with E-state index in [0.717, 1.165) is 0 Å². The van der Waals surface area contributed by atoms with Gasteiger partial charge in [0.15, 0.2) is 0 Å². The maximum Gasteiger partial charge on any atom is 0.132 e. The van der Waals surface area contributed by atoms with E-state index in [-0.39, 0.29) is 11.6 Å². The van der Waals surface area contributed by atoms with Crippen molar-refractivity contribution in [3.8, 4) is 5.75 Å². The van der Waals surface area contributed by atoms with Crippen molar-refractivity contribution in [2.45, 2.75) is 25.9 Å². The smallest absolute Gasteiger partial charge is 0.132 e. The molecule has 20 heavy (non-hydrogen) atoms. The first-order valence-electron chi connectivity index (χ1n) is 6.28. The van der Waals surface area contributed by atoms with E-state index in [4.69, 9.17) is 22.1 Å². The molecule has 108 valence electrons. The number of aromatic nitrogens is 2. The van der Waals surface area contributed by atoms with Crippen LogP contribution in [0.4, 0.5) is 4.39 Å². The first-order valence-corrected chi connectivity index (χ1v) is 6.66. The van der Waals surface area contributed by atoms with Crippen LogP contribution in [-0.4, -0.2) is 16.9 Å². The lowest BCUT2D eigenvalue weighted by Gasteiger charge is -2.20. The second kappa shape index (κ2) is 5.81. The van der Waals surface area contributed by atoms with Gasteiger partial charge in [0.25, 0.3) is 0 Å². The average Bonchev–Trinajstić information content (AvgIpc) is 2.79. The van der Waals surface area contributed by atoms with Gasteiger partial charge < -0.3 is 10.5 Å². The molecule has 4 nitrogen and oxygen atoms in total. The van der Waals surface area contributed by atoms with Crippen molar-refractivity contribution < 1.29 is 9.13 Å². The van der Waals surface area contributed by atoms with Crippen LogP contribution in [0, 0.1) is 5.82 Å². The zero-order valence-corrected chi connectivity index (χ0v) is 12.4. The third-order valence-corrected chi connectivity index (χ3v) is 3.41. The summed E-state index contributed by atoms with van der Waals surface area (Å²) in [4.78, 5) is 0. The molecule has 1 atom stereocenters. The van der Waals surface area contributed by atoms with Crippen molar-refractivity contribution in [1.82, 2.24) is 9.78 Å². The third-order valence-electron chi connectivity index (χ3n) is 3.11. The van der Waals surface area contributed by atoms with Crippen LogP contribution in [0.5, 0.6) is 5.75 Å². The van der Waals surface area contributed by atoms with Crippen LogP contribution in [0.2, 0.25) is 5.02 Å². The molecule has 0 aliphatic heterocycles. The van der Waals surface area contributed by atoms with Crippen molar-refractivity contribution in [1.29, 1.82) is 0 Å². The van der Waals surface area contributed by atoms with Crippen LogP contribution in [-0.2, 0) is 0 Å². The third kappa shape index (κ3) is 2.51. The van der Waals surface area contributed by atoms with Gasteiger partial charge in [-0.15, -0.1) is 0 Å². The predicted octanol–water partition coefficient (Wildman–Crippen LogP) is 3.31. The molecule has 0 spiro atoms. The van der Waals surface area contributed by atoms with Gasteiger partial charge in [-0.3, -0.25) is 4.68 Å². The highest BCUT2D eigenvalue weighted by molar-refractivity contribution is 6.31. The molecule has 0 fully saturated rings. The zero-order valence-electron chi connectivity index (χ0n) is 11.6. The van der Waals surface area contributed by atoms with Crippen molar-refractivity contribution >= 4 is 11.6 Å². The summed E-state index contributed by atoms with van der Waals surface area (Å²) < 4.78 is 21.0. The van der Waals surface area contributed by atoms with Crippen molar-refractivity contribution in [3.63, 3.8) is 0 Å². The molecule has 6 heteroatoms. The standard InChI is InChI=1S/C14H17ClFN3O/c1-8(2)19-14(9(15)7-18-19)13(17)12-10(16)5-4-6-11(12)20-3/h4-8,13H,17H2,1-3H3. The van der Waals surface area contributed by atoms with E-state index >= 15 is 0 Å². The number of halogens is 2. The van der Waals surface area contributed by atoms with Gasteiger partial charge >= 0.3 is 0 Å². The van der Waals surface area contributed by atoms with Crippen molar-refractivity contribution in [2.75, 3.05) is 7.11 Å². The van der Waals surface area contributed by atoms with Gasteiger partial charge in [-0.2, -0.15) is 5.10 Å². The highest BCUT2D eigenvalue weighted by atomic mass is 35.5. The molecule has 0 amide bonds. The number of methoxy groups -OCH3 is 1. The summed E-state index contributed by atoms with van der Waals surface area (Å²) in [5, 5.41) is 4.60. The van der Waals surface area contributed by atoms with Gasteiger partial charge in [0.05, 0.1) is 35.6 Å². The van der Waals surface area contributed by atoms with E-state index in [9.17, 15) is 4.39 Å². The van der Waals surface area contributed by atoms with Crippen LogP contribution in [0.1, 0.15) is 37.2 Å². The molecule has 0 radical (unpaired) electrons. The Labute approximate surface area is 122 Å². The largest absolute Gasteiger partial charge is 0.496 e. The lowest BCUT2D eigenvalue weighted by molar-refractivity contribution is 0.399. The Morgan fingerprint density at radius 3 is 2.70 bits per heavy atom. The molecule has 0 saturated heterocycles. The molecule has 2 rings (SSSR count). The molecule has 2 N–H and O–H groups in total. The molecule has 1 heterocycles. The molecular formula is C14H17ClFN3O. The number of rotatable bonds is 4. The van der Waals surface area contributed by atoms with E-state index in [1.807, 2.05) is 13.8 Å². The fraction of sp³-hybridized carbons (Fsp3) is 0.357. The van der Waals surface area contributed by atoms with Crippen molar-refractivity contribution in [2.24, 2.45) is 5.73 Å². The molecular weight excluding hydrogens is 281 g/mol. The first kappa shape index (κ1) is 14.8. The molecule has 2 aromatic rings. The van der Waals surface area contributed by atoms with E-state index < -0.39 is 11.9 Å². The van der Waals surface area contributed by atoms with Gasteiger partial charge in [0.2, 0.25) is 0 Å². The van der Waals surface area contributed by atoms with E-state index in [1.165, 1.54) is 19.4 Å². The molecule has 0 bridgehead atoms. The second-order valence-electron chi connectivity index (χ2n) is 4.75. The molecule has 1 unspecified atom stereocenters. The van der Waals surface area contributed by atoms with Crippen LogP contribution >= 0.6 is 11.6 Å². The highest BCUT2D eigenvalue weighted by Crippen LogP contribution is 2.34. The lowest BCUT2D eigenvalue weighted by Crippen LogP contribution is -2.21. The summed E-state index contributed by atoms with van der Waals surface area (Å²) >= 11 is 6.16. The Hall–Kier alpha value is -1.59. The van der Waals surface area contributed by atoms with Gasteiger partial charge in [0, 0.05) is 6.04 Å². The van der Waals surface area contributed by atoms with E-state index in [1.54, 1.807) is 16.8 Å². The maximum absolute atomic E-state index is 14.1. The Bertz CT molecular complexity index is 612. The number of hydrogen-bond donors (Lipinski definition) is 1. The first-order chi connectivity index (χ1) is 9.47. The number of ether oxygens (including phenoxy) is 1. The summed E-state index contributed by atoms with van der Waals surface area (Å²) in [6.07, 6.45) is 1.52. The predicted molar refractivity (Wildman–Crippen MR) is 76.6 cm³/mol. The summed E-state index contributed by atoms with van der Waals surface area (Å²) in [6, 6.07) is 3.92. The Morgan fingerprint density at radius 1 is 1.40 bits per heavy atom. The van der Waals surface area contributed by atoms with Crippen LogP contribution in [0.15, 0.2) is 24.4 Å². The fourth-order valence-electron chi connectivity index (χ4n) is 2.19. The summed E-state index contributed by atoms with van der Waals surface area (Å²) in [6.45, 7) is 3.91. The molecule has 0 saturated carbocycles. The Balaban J connectivity index is 2.57. The maximum atomic E-state index is 14.1. The number of nitrogens with two attached hydrogens (primary N) is 1.